The number of carbonyl (C=O) groups excluding carboxylic acids is 1. The maximum atomic E-state index is 12.0. The molecule has 0 aromatic carbocycles. The average Bonchev–Trinajstić information content (AvgIpc) is 2.24. The van der Waals surface area contributed by atoms with Gasteiger partial charge in [0, 0.05) is 6.42 Å². The van der Waals surface area contributed by atoms with Crippen LogP contribution in [0.4, 0.5) is 0 Å². The molecule has 0 aromatic heterocycles. The predicted octanol–water partition coefficient (Wildman–Crippen LogP) is 4.01. The van der Waals surface area contributed by atoms with Crippen molar-refractivity contribution in [2.75, 3.05) is 7.11 Å². The van der Waals surface area contributed by atoms with E-state index in [2.05, 4.69) is 45.4 Å². The van der Waals surface area contributed by atoms with Crippen LogP contribution in [-0.4, -0.2) is 29.5 Å². The molecule has 0 N–H and O–H groups in total. The van der Waals surface area contributed by atoms with E-state index in [-0.39, 0.29) is 11.9 Å². The summed E-state index contributed by atoms with van der Waals surface area (Å²) in [5, 5.41) is 0. The molecule has 0 amide bonds. The van der Waals surface area contributed by atoms with E-state index in [1.54, 1.807) is 0 Å². The van der Waals surface area contributed by atoms with Crippen LogP contribution in [0.3, 0.4) is 0 Å². The van der Waals surface area contributed by atoms with Crippen molar-refractivity contribution in [2.45, 2.75) is 57.7 Å². The zero-order valence-electron chi connectivity index (χ0n) is 13.4. The van der Waals surface area contributed by atoms with Crippen LogP contribution in [0, 0.1) is 5.92 Å². The summed E-state index contributed by atoms with van der Waals surface area (Å²) in [6.07, 6.45) is 3.96. The van der Waals surface area contributed by atoms with Gasteiger partial charge >= 0.3 is 5.97 Å². The summed E-state index contributed by atoms with van der Waals surface area (Å²) in [6.45, 7) is 13.5. The Morgan fingerprint density at radius 2 is 1.79 bits per heavy atom. The van der Waals surface area contributed by atoms with Crippen LogP contribution >= 0.6 is 0 Å². The molecule has 5 heteroatoms. The van der Waals surface area contributed by atoms with Gasteiger partial charge in [0.25, 0.3) is 0 Å². The Kier molecular flexibility index (Phi) is 5.06. The van der Waals surface area contributed by atoms with Crippen molar-refractivity contribution in [3.05, 3.63) is 11.8 Å². The van der Waals surface area contributed by atoms with Gasteiger partial charge in [-0.15, -0.1) is 0 Å². The van der Waals surface area contributed by atoms with Gasteiger partial charge in [0.05, 0.1) is 26.9 Å². The first-order chi connectivity index (χ1) is 8.54. The van der Waals surface area contributed by atoms with Crippen molar-refractivity contribution in [2.24, 2.45) is 5.92 Å². The van der Waals surface area contributed by atoms with Crippen LogP contribution < -0.4 is 0 Å². The Labute approximate surface area is 119 Å². The minimum absolute atomic E-state index is 0.0191. The summed E-state index contributed by atoms with van der Waals surface area (Å²) in [5.74, 6) is 1.06. The number of rotatable bonds is 4. The van der Waals surface area contributed by atoms with Gasteiger partial charge in [-0.05, 0) is 37.7 Å². The van der Waals surface area contributed by atoms with Crippen molar-refractivity contribution < 1.29 is 14.0 Å². The minimum atomic E-state index is -1.56. The van der Waals surface area contributed by atoms with E-state index in [0.717, 1.165) is 18.6 Å². The van der Waals surface area contributed by atoms with Crippen LogP contribution in [0.2, 0.25) is 44.8 Å². The summed E-state index contributed by atoms with van der Waals surface area (Å²) in [4.78, 5) is 12.0. The van der Waals surface area contributed by atoms with E-state index in [1.807, 2.05) is 0 Å². The number of hydrogen-bond donors (Lipinski definition) is 0. The predicted molar refractivity (Wildman–Crippen MR) is 84.4 cm³/mol. The monoisotopic (exact) mass is 300 g/mol. The molecule has 0 fully saturated rings. The molecule has 0 aromatic rings. The van der Waals surface area contributed by atoms with Gasteiger partial charge < -0.3 is 9.16 Å². The highest BCUT2D eigenvalue weighted by molar-refractivity contribution is 6.78. The Balaban J connectivity index is 2.98. The van der Waals surface area contributed by atoms with Gasteiger partial charge in [-0.25, -0.2) is 0 Å². The van der Waals surface area contributed by atoms with E-state index in [1.165, 1.54) is 7.11 Å². The topological polar surface area (TPSA) is 35.5 Å². The third-order valence-corrected chi connectivity index (χ3v) is 6.89. The largest absolute Gasteiger partial charge is 0.548 e. The fraction of sp³-hybridized carbons (Fsp3) is 0.786. The Bertz CT molecular complexity index is 364. The summed E-state index contributed by atoms with van der Waals surface area (Å²) >= 11 is 0. The van der Waals surface area contributed by atoms with Gasteiger partial charge in [-0.1, -0.05) is 19.6 Å². The highest BCUT2D eigenvalue weighted by Crippen LogP contribution is 2.41. The molecule has 19 heavy (non-hydrogen) atoms. The van der Waals surface area contributed by atoms with Gasteiger partial charge in [0.1, 0.15) is 0 Å². The highest BCUT2D eigenvalue weighted by atomic mass is 28.4. The van der Waals surface area contributed by atoms with Crippen molar-refractivity contribution in [3.8, 4) is 0 Å². The van der Waals surface area contributed by atoms with E-state index in [9.17, 15) is 4.79 Å². The molecule has 2 atom stereocenters. The van der Waals surface area contributed by atoms with E-state index < -0.39 is 16.4 Å². The molecule has 3 nitrogen and oxygen atoms in total. The Hall–Kier alpha value is -0.556. The molecule has 110 valence electrons. The second-order valence-corrected chi connectivity index (χ2v) is 17.2. The fourth-order valence-electron chi connectivity index (χ4n) is 2.62. The first-order valence-corrected chi connectivity index (χ1v) is 14.0. The van der Waals surface area contributed by atoms with E-state index >= 15 is 0 Å². The average molecular weight is 301 g/mol. The zero-order valence-corrected chi connectivity index (χ0v) is 15.4. The number of allylic oxidation sites excluding steroid dienone is 2. The number of esters is 1. The lowest BCUT2D eigenvalue weighted by atomic mass is 9.93. The number of hydrogen-bond acceptors (Lipinski definition) is 3. The SMILES string of the molecule is COC(=O)C1CCC(O[Si](C)(C)C)=CC1[Si](C)(C)C. The van der Waals surface area contributed by atoms with Crippen molar-refractivity contribution >= 4 is 22.4 Å². The molecule has 0 spiro atoms. The van der Waals surface area contributed by atoms with Crippen LogP contribution in [0.5, 0.6) is 0 Å². The van der Waals surface area contributed by atoms with Crippen molar-refractivity contribution in [1.82, 2.24) is 0 Å². The number of ether oxygens (including phenoxy) is 1. The maximum absolute atomic E-state index is 12.0. The molecular formula is C14H28O3Si2. The highest BCUT2D eigenvalue weighted by Gasteiger charge is 2.40. The fourth-order valence-corrected chi connectivity index (χ4v) is 5.78. The molecule has 1 aliphatic rings. The first-order valence-electron chi connectivity index (χ1n) is 7.02. The second kappa shape index (κ2) is 5.83. The van der Waals surface area contributed by atoms with Crippen LogP contribution in [0.15, 0.2) is 11.8 Å². The third-order valence-electron chi connectivity index (χ3n) is 3.44. The summed E-state index contributed by atoms with van der Waals surface area (Å²) in [5.41, 5.74) is 0.319. The lowest BCUT2D eigenvalue weighted by Crippen LogP contribution is -2.39. The quantitative estimate of drug-likeness (QED) is 0.581. The normalized spacial score (nSPS) is 24.7. The van der Waals surface area contributed by atoms with Crippen molar-refractivity contribution in [1.29, 1.82) is 0 Å². The molecule has 0 saturated heterocycles. The van der Waals surface area contributed by atoms with Crippen LogP contribution in [-0.2, 0) is 14.0 Å². The number of carbonyl (C=O) groups is 1. The van der Waals surface area contributed by atoms with Crippen molar-refractivity contribution in [3.63, 3.8) is 0 Å². The third kappa shape index (κ3) is 4.80. The summed E-state index contributed by atoms with van der Waals surface area (Å²) < 4.78 is 11.1. The molecule has 0 heterocycles. The molecule has 0 bridgehead atoms. The van der Waals surface area contributed by atoms with E-state index in [4.69, 9.17) is 9.16 Å². The second-order valence-electron chi connectivity index (χ2n) is 7.41. The molecular weight excluding hydrogens is 272 g/mol. The maximum Gasteiger partial charge on any atom is 0.308 e. The Morgan fingerprint density at radius 1 is 1.21 bits per heavy atom. The lowest BCUT2D eigenvalue weighted by molar-refractivity contribution is -0.145. The smallest absolute Gasteiger partial charge is 0.308 e. The van der Waals surface area contributed by atoms with Gasteiger partial charge in [0.2, 0.25) is 8.32 Å². The molecule has 1 rings (SSSR count). The van der Waals surface area contributed by atoms with Gasteiger partial charge in [-0.3, -0.25) is 4.79 Å². The van der Waals surface area contributed by atoms with Gasteiger partial charge in [0.15, 0.2) is 0 Å². The summed E-state index contributed by atoms with van der Waals surface area (Å²) in [7, 11) is -1.53. The molecule has 2 unspecified atom stereocenters. The molecule has 0 saturated carbocycles. The molecule has 1 aliphatic carbocycles. The van der Waals surface area contributed by atoms with Crippen LogP contribution in [0.25, 0.3) is 0 Å². The van der Waals surface area contributed by atoms with Gasteiger partial charge in [-0.2, -0.15) is 0 Å². The van der Waals surface area contributed by atoms with Crippen LogP contribution in [0.1, 0.15) is 12.8 Å². The minimum Gasteiger partial charge on any atom is -0.548 e. The first kappa shape index (κ1) is 16.5. The number of methoxy groups -OCH3 is 1. The molecule has 0 radical (unpaired) electrons. The molecule has 0 aliphatic heterocycles. The summed E-state index contributed by atoms with van der Waals surface area (Å²) in [6, 6.07) is 0. The Morgan fingerprint density at radius 3 is 2.21 bits per heavy atom. The standard InChI is InChI=1S/C14H28O3Si2/c1-16-14(15)12-9-8-11(17-19(5,6)7)10-13(12)18(2,3)4/h10,12-13H,8-9H2,1-7H3. The zero-order chi connectivity index (χ0) is 14.8. The lowest BCUT2D eigenvalue weighted by Gasteiger charge is -2.37. The van der Waals surface area contributed by atoms with E-state index in [0.29, 0.717) is 5.54 Å².